The SMILES string of the molecule is CCN1C(=O)CC(=O)N(CC)C1=S.O=[N+]([O-])c1ccccc1I. The first-order valence-electron chi connectivity index (χ1n) is 6.87. The van der Waals surface area contributed by atoms with Crippen LogP contribution < -0.4 is 0 Å². The summed E-state index contributed by atoms with van der Waals surface area (Å²) in [4.78, 5) is 35.3. The van der Waals surface area contributed by atoms with Gasteiger partial charge < -0.3 is 0 Å². The van der Waals surface area contributed by atoms with Gasteiger partial charge in [0.25, 0.3) is 5.69 Å². The van der Waals surface area contributed by atoms with E-state index in [0.29, 0.717) is 21.8 Å². The Morgan fingerprint density at radius 3 is 2.00 bits per heavy atom. The van der Waals surface area contributed by atoms with E-state index in [1.807, 2.05) is 36.4 Å². The fourth-order valence-electron chi connectivity index (χ4n) is 1.90. The maximum absolute atomic E-state index is 11.3. The van der Waals surface area contributed by atoms with E-state index in [2.05, 4.69) is 0 Å². The maximum atomic E-state index is 11.3. The van der Waals surface area contributed by atoms with Crippen LogP contribution in [0.3, 0.4) is 0 Å². The van der Waals surface area contributed by atoms with E-state index in [1.54, 1.807) is 18.2 Å². The van der Waals surface area contributed by atoms with Gasteiger partial charge in [-0.3, -0.25) is 29.5 Å². The van der Waals surface area contributed by atoms with Gasteiger partial charge in [-0.05, 0) is 54.7 Å². The molecule has 9 heteroatoms. The molecule has 0 bridgehead atoms. The van der Waals surface area contributed by atoms with Crippen LogP contribution in [0.25, 0.3) is 0 Å². The van der Waals surface area contributed by atoms with Crippen molar-refractivity contribution in [2.24, 2.45) is 0 Å². The number of nitrogens with zero attached hydrogens (tertiary/aromatic N) is 3. The van der Waals surface area contributed by atoms with E-state index in [0.717, 1.165) is 0 Å². The molecular formula is C14H16IN3O4S. The van der Waals surface area contributed by atoms with Crippen LogP contribution in [-0.2, 0) is 9.59 Å². The van der Waals surface area contributed by atoms with Crippen molar-refractivity contribution in [3.63, 3.8) is 0 Å². The van der Waals surface area contributed by atoms with Crippen molar-refractivity contribution in [2.45, 2.75) is 20.3 Å². The molecule has 1 saturated heterocycles. The summed E-state index contributed by atoms with van der Waals surface area (Å²) in [6.45, 7) is 4.74. The van der Waals surface area contributed by atoms with E-state index in [9.17, 15) is 19.7 Å². The van der Waals surface area contributed by atoms with Crippen molar-refractivity contribution in [3.05, 3.63) is 37.9 Å². The van der Waals surface area contributed by atoms with Gasteiger partial charge in [-0.15, -0.1) is 0 Å². The van der Waals surface area contributed by atoms with Gasteiger partial charge in [-0.2, -0.15) is 0 Å². The summed E-state index contributed by atoms with van der Waals surface area (Å²) in [5.41, 5.74) is 0.170. The Hall–Kier alpha value is -1.62. The zero-order valence-electron chi connectivity index (χ0n) is 12.7. The smallest absolute Gasteiger partial charge is 0.282 e. The lowest BCUT2D eigenvalue weighted by Crippen LogP contribution is -2.54. The summed E-state index contributed by atoms with van der Waals surface area (Å²) in [6.07, 6.45) is -0.0538. The first-order chi connectivity index (χ1) is 10.8. The lowest BCUT2D eigenvalue weighted by atomic mass is 10.2. The molecule has 0 unspecified atom stereocenters. The van der Waals surface area contributed by atoms with E-state index in [1.165, 1.54) is 15.9 Å². The summed E-state index contributed by atoms with van der Waals surface area (Å²) < 4.78 is 0.671. The van der Waals surface area contributed by atoms with E-state index in [4.69, 9.17) is 12.2 Å². The summed E-state index contributed by atoms with van der Waals surface area (Å²) in [7, 11) is 0. The highest BCUT2D eigenvalue weighted by Gasteiger charge is 2.32. The predicted octanol–water partition coefficient (Wildman–Crippen LogP) is 2.57. The molecule has 1 fully saturated rings. The third-order valence-electron chi connectivity index (χ3n) is 3.05. The molecule has 0 spiro atoms. The molecule has 23 heavy (non-hydrogen) atoms. The average molecular weight is 449 g/mol. The third-order valence-corrected chi connectivity index (χ3v) is 4.40. The monoisotopic (exact) mass is 449 g/mol. The highest BCUT2D eigenvalue weighted by molar-refractivity contribution is 14.1. The largest absolute Gasteiger partial charge is 0.289 e. The minimum absolute atomic E-state index is 0.0538. The molecule has 7 nitrogen and oxygen atoms in total. The third kappa shape index (κ3) is 4.93. The number of carbonyl (C=O) groups excluding carboxylic acids is 2. The molecule has 1 aromatic rings. The van der Waals surface area contributed by atoms with Gasteiger partial charge in [-0.1, -0.05) is 12.1 Å². The Labute approximate surface area is 152 Å². The Kier molecular flexibility index (Phi) is 7.49. The molecular weight excluding hydrogens is 433 g/mol. The Morgan fingerprint density at radius 2 is 1.65 bits per heavy atom. The summed E-state index contributed by atoms with van der Waals surface area (Å²) >= 11 is 6.95. The van der Waals surface area contributed by atoms with E-state index >= 15 is 0 Å². The van der Waals surface area contributed by atoms with Crippen LogP contribution in [-0.4, -0.2) is 44.7 Å². The van der Waals surface area contributed by atoms with Crippen molar-refractivity contribution in [1.29, 1.82) is 0 Å². The fourth-order valence-corrected chi connectivity index (χ4v) is 2.95. The number of rotatable bonds is 3. The highest BCUT2D eigenvalue weighted by atomic mass is 127. The topological polar surface area (TPSA) is 83.8 Å². The molecule has 0 atom stereocenters. The zero-order chi connectivity index (χ0) is 17.6. The number of benzene rings is 1. The maximum Gasteiger partial charge on any atom is 0.282 e. The van der Waals surface area contributed by atoms with Gasteiger partial charge in [0.05, 0.1) is 8.49 Å². The fraction of sp³-hybridized carbons (Fsp3) is 0.357. The number of para-hydroxylation sites is 1. The molecule has 0 saturated carbocycles. The minimum atomic E-state index is -0.387. The van der Waals surface area contributed by atoms with Crippen LogP contribution in [0, 0.1) is 13.7 Å². The zero-order valence-corrected chi connectivity index (χ0v) is 15.7. The second-order valence-corrected chi connectivity index (χ2v) is 5.97. The van der Waals surface area contributed by atoms with Crippen molar-refractivity contribution in [1.82, 2.24) is 9.80 Å². The number of hydrogen-bond donors (Lipinski definition) is 0. The van der Waals surface area contributed by atoms with Gasteiger partial charge in [0, 0.05) is 19.2 Å². The van der Waals surface area contributed by atoms with Crippen LogP contribution in [0.1, 0.15) is 20.3 Å². The van der Waals surface area contributed by atoms with Crippen LogP contribution >= 0.6 is 34.8 Å². The van der Waals surface area contributed by atoms with Crippen molar-refractivity contribution < 1.29 is 14.5 Å². The van der Waals surface area contributed by atoms with Crippen LogP contribution in [0.2, 0.25) is 0 Å². The van der Waals surface area contributed by atoms with E-state index in [-0.39, 0.29) is 28.8 Å². The normalized spacial score (nSPS) is 14.5. The lowest BCUT2D eigenvalue weighted by Gasteiger charge is -2.34. The Balaban J connectivity index is 0.000000238. The molecule has 1 aliphatic heterocycles. The Morgan fingerprint density at radius 1 is 1.17 bits per heavy atom. The molecule has 124 valence electrons. The van der Waals surface area contributed by atoms with Crippen LogP contribution in [0.5, 0.6) is 0 Å². The summed E-state index contributed by atoms with van der Waals surface area (Å²) in [5, 5.41) is 10.6. The van der Waals surface area contributed by atoms with Crippen molar-refractivity contribution >= 4 is 57.4 Å². The van der Waals surface area contributed by atoms with Crippen molar-refractivity contribution in [3.8, 4) is 0 Å². The molecule has 1 heterocycles. The summed E-state index contributed by atoms with van der Waals surface area (Å²) in [5.74, 6) is -0.385. The molecule has 2 rings (SSSR count). The number of thiocarbonyl (C=S) groups is 1. The first-order valence-corrected chi connectivity index (χ1v) is 8.35. The van der Waals surface area contributed by atoms with Gasteiger partial charge in [-0.25, -0.2) is 0 Å². The predicted molar refractivity (Wildman–Crippen MR) is 97.8 cm³/mol. The Bertz CT molecular complexity index is 614. The number of halogens is 1. The lowest BCUT2D eigenvalue weighted by molar-refractivity contribution is -0.385. The second kappa shape index (κ2) is 8.87. The average Bonchev–Trinajstić information content (AvgIpc) is 2.48. The molecule has 1 aromatic carbocycles. The minimum Gasteiger partial charge on any atom is -0.289 e. The summed E-state index contributed by atoms with van der Waals surface area (Å²) in [6, 6.07) is 6.62. The highest BCUT2D eigenvalue weighted by Crippen LogP contribution is 2.18. The quantitative estimate of drug-likeness (QED) is 0.233. The van der Waals surface area contributed by atoms with Gasteiger partial charge >= 0.3 is 0 Å². The number of carbonyl (C=O) groups is 2. The number of nitro groups is 1. The number of nitro benzene ring substituents is 1. The van der Waals surface area contributed by atoms with Crippen molar-refractivity contribution in [2.75, 3.05) is 13.1 Å². The molecule has 0 aromatic heterocycles. The molecule has 0 aliphatic carbocycles. The van der Waals surface area contributed by atoms with Gasteiger partial charge in [0.15, 0.2) is 5.11 Å². The molecule has 2 amide bonds. The van der Waals surface area contributed by atoms with E-state index < -0.39 is 0 Å². The first kappa shape index (κ1) is 19.4. The molecule has 0 N–H and O–H groups in total. The number of amides is 2. The second-order valence-electron chi connectivity index (χ2n) is 4.44. The van der Waals surface area contributed by atoms with Gasteiger partial charge in [0.2, 0.25) is 11.8 Å². The molecule has 1 aliphatic rings. The molecule has 0 radical (unpaired) electrons. The standard InChI is InChI=1S/C8H12N2O2S.C6H4INO2/c1-3-9-6(11)5-7(12)10(4-2)8(9)13;7-5-3-1-2-4-6(5)8(9)10/h3-5H2,1-2H3;1-4H. The van der Waals surface area contributed by atoms with Crippen LogP contribution in [0.15, 0.2) is 24.3 Å². The number of hydrogen-bond acceptors (Lipinski definition) is 5. The van der Waals surface area contributed by atoms with Gasteiger partial charge in [0.1, 0.15) is 6.42 Å². The van der Waals surface area contributed by atoms with Crippen LogP contribution in [0.4, 0.5) is 5.69 Å².